The SMILES string of the molecule is CCc1ccc(S(=O)(=O)NCC(CC(C)C)C(=O)O)s1. The van der Waals surface area contributed by atoms with Crippen molar-refractivity contribution in [1.82, 2.24) is 4.72 Å². The van der Waals surface area contributed by atoms with Gasteiger partial charge in [-0.3, -0.25) is 4.79 Å². The Labute approximate surface area is 124 Å². The van der Waals surface area contributed by atoms with E-state index in [1.807, 2.05) is 20.8 Å². The van der Waals surface area contributed by atoms with Crippen LogP contribution < -0.4 is 4.72 Å². The monoisotopic (exact) mass is 319 g/mol. The van der Waals surface area contributed by atoms with Gasteiger partial charge in [-0.2, -0.15) is 0 Å². The highest BCUT2D eigenvalue weighted by Crippen LogP contribution is 2.22. The van der Waals surface area contributed by atoms with Gasteiger partial charge in [0, 0.05) is 11.4 Å². The number of sulfonamides is 1. The molecule has 0 fully saturated rings. The van der Waals surface area contributed by atoms with Crippen molar-refractivity contribution in [2.45, 2.75) is 37.8 Å². The number of hydrogen-bond donors (Lipinski definition) is 2. The smallest absolute Gasteiger partial charge is 0.307 e. The second-order valence-electron chi connectivity index (χ2n) is 5.09. The highest BCUT2D eigenvalue weighted by molar-refractivity contribution is 7.91. The van der Waals surface area contributed by atoms with Gasteiger partial charge in [-0.05, 0) is 30.9 Å². The Morgan fingerprint density at radius 3 is 2.50 bits per heavy atom. The first-order chi connectivity index (χ1) is 9.26. The Hall–Kier alpha value is -0.920. The Morgan fingerprint density at radius 2 is 2.05 bits per heavy atom. The maximum atomic E-state index is 12.1. The van der Waals surface area contributed by atoms with Crippen LogP contribution in [0.15, 0.2) is 16.3 Å². The third kappa shape index (κ3) is 4.88. The molecule has 1 atom stereocenters. The zero-order valence-corrected chi connectivity index (χ0v) is 13.6. The van der Waals surface area contributed by atoms with Gasteiger partial charge in [-0.15, -0.1) is 11.3 Å². The van der Waals surface area contributed by atoms with Crippen molar-refractivity contribution in [1.29, 1.82) is 0 Å². The number of hydrogen-bond acceptors (Lipinski definition) is 4. The number of carboxylic acid groups (broad SMARTS) is 1. The first-order valence-corrected chi connectivity index (χ1v) is 8.87. The summed E-state index contributed by atoms with van der Waals surface area (Å²) in [6.07, 6.45) is 1.23. The molecule has 1 heterocycles. The van der Waals surface area contributed by atoms with Crippen LogP contribution in [0.4, 0.5) is 0 Å². The minimum Gasteiger partial charge on any atom is -0.481 e. The second kappa shape index (κ2) is 7.19. The number of rotatable bonds is 8. The molecule has 1 unspecified atom stereocenters. The summed E-state index contributed by atoms with van der Waals surface area (Å²) in [4.78, 5) is 12.1. The van der Waals surface area contributed by atoms with E-state index in [-0.39, 0.29) is 16.7 Å². The molecule has 5 nitrogen and oxygen atoms in total. The number of thiophene rings is 1. The van der Waals surface area contributed by atoms with E-state index >= 15 is 0 Å². The van der Waals surface area contributed by atoms with Crippen molar-refractivity contribution < 1.29 is 18.3 Å². The van der Waals surface area contributed by atoms with E-state index < -0.39 is 21.9 Å². The van der Waals surface area contributed by atoms with Crippen molar-refractivity contribution in [2.75, 3.05) is 6.54 Å². The van der Waals surface area contributed by atoms with Crippen LogP contribution in [-0.2, 0) is 21.2 Å². The van der Waals surface area contributed by atoms with Crippen LogP contribution in [-0.4, -0.2) is 26.0 Å². The molecule has 1 rings (SSSR count). The van der Waals surface area contributed by atoms with Crippen LogP contribution in [0.5, 0.6) is 0 Å². The zero-order valence-electron chi connectivity index (χ0n) is 11.9. The summed E-state index contributed by atoms with van der Waals surface area (Å²) in [5, 5.41) is 9.10. The molecule has 7 heteroatoms. The molecule has 2 N–H and O–H groups in total. The van der Waals surface area contributed by atoms with Gasteiger partial charge in [0.2, 0.25) is 10.0 Å². The molecule has 0 saturated carbocycles. The number of carboxylic acids is 1. The third-order valence-corrected chi connectivity index (χ3v) is 6.02. The second-order valence-corrected chi connectivity index (χ2v) is 8.25. The van der Waals surface area contributed by atoms with Crippen molar-refractivity contribution in [3.05, 3.63) is 17.0 Å². The van der Waals surface area contributed by atoms with E-state index in [1.54, 1.807) is 12.1 Å². The molecule has 0 aliphatic rings. The highest BCUT2D eigenvalue weighted by Gasteiger charge is 2.23. The van der Waals surface area contributed by atoms with Crippen LogP contribution in [0.1, 0.15) is 32.1 Å². The molecule has 1 aromatic rings. The molecule has 0 spiro atoms. The topological polar surface area (TPSA) is 83.5 Å². The molecule has 0 aliphatic carbocycles. The Bertz CT molecular complexity index is 548. The fourth-order valence-electron chi connectivity index (χ4n) is 1.81. The molecular weight excluding hydrogens is 298 g/mol. The normalized spacial score (nSPS) is 13.6. The molecule has 1 aromatic heterocycles. The molecule has 0 radical (unpaired) electrons. The van der Waals surface area contributed by atoms with Gasteiger partial charge in [0.1, 0.15) is 4.21 Å². The lowest BCUT2D eigenvalue weighted by molar-refractivity contribution is -0.142. The average Bonchev–Trinajstić information content (AvgIpc) is 2.83. The van der Waals surface area contributed by atoms with E-state index in [4.69, 9.17) is 5.11 Å². The summed E-state index contributed by atoms with van der Waals surface area (Å²) in [5.74, 6) is -1.47. The predicted molar refractivity (Wildman–Crippen MR) is 79.5 cm³/mol. The Morgan fingerprint density at radius 1 is 1.40 bits per heavy atom. The molecule has 0 amide bonds. The fraction of sp³-hybridized carbons (Fsp3) is 0.615. The Balaban J connectivity index is 2.73. The quantitative estimate of drug-likeness (QED) is 0.770. The molecule has 0 aliphatic heterocycles. The molecule has 0 bridgehead atoms. The predicted octanol–water partition coefficient (Wildman–Crippen LogP) is 2.34. The van der Waals surface area contributed by atoms with Gasteiger partial charge in [-0.1, -0.05) is 20.8 Å². The standard InChI is InChI=1S/C13H21NO4S2/c1-4-11-5-6-12(19-11)20(17,18)14-8-10(13(15)16)7-9(2)3/h5-6,9-10,14H,4,7-8H2,1-3H3,(H,15,16). The Kier molecular flexibility index (Phi) is 6.16. The van der Waals surface area contributed by atoms with Crippen molar-refractivity contribution in [3.63, 3.8) is 0 Å². The molecule has 0 aromatic carbocycles. The van der Waals surface area contributed by atoms with Crippen molar-refractivity contribution in [2.24, 2.45) is 11.8 Å². The minimum atomic E-state index is -3.61. The zero-order chi connectivity index (χ0) is 15.3. The fourth-order valence-corrected chi connectivity index (χ4v) is 4.24. The largest absolute Gasteiger partial charge is 0.481 e. The van der Waals surface area contributed by atoms with E-state index in [0.29, 0.717) is 6.42 Å². The first-order valence-electron chi connectivity index (χ1n) is 6.57. The highest BCUT2D eigenvalue weighted by atomic mass is 32.2. The van der Waals surface area contributed by atoms with Gasteiger partial charge < -0.3 is 5.11 Å². The number of carbonyl (C=O) groups is 1. The molecule has 20 heavy (non-hydrogen) atoms. The van der Waals surface area contributed by atoms with Gasteiger partial charge in [0.15, 0.2) is 0 Å². The lowest BCUT2D eigenvalue weighted by atomic mass is 9.98. The van der Waals surface area contributed by atoms with Gasteiger partial charge in [0.25, 0.3) is 0 Å². The summed E-state index contributed by atoms with van der Waals surface area (Å²) in [6.45, 7) is 5.71. The summed E-state index contributed by atoms with van der Waals surface area (Å²) in [7, 11) is -3.61. The van der Waals surface area contributed by atoms with Crippen LogP contribution in [0.3, 0.4) is 0 Å². The summed E-state index contributed by atoms with van der Waals surface area (Å²) in [5.41, 5.74) is 0. The van der Waals surface area contributed by atoms with Crippen molar-refractivity contribution in [3.8, 4) is 0 Å². The molecule has 0 saturated heterocycles. The third-order valence-electron chi connectivity index (χ3n) is 2.88. The van der Waals surface area contributed by atoms with E-state index in [9.17, 15) is 13.2 Å². The molecule has 114 valence electrons. The lowest BCUT2D eigenvalue weighted by Crippen LogP contribution is -2.33. The van der Waals surface area contributed by atoms with E-state index in [0.717, 1.165) is 11.3 Å². The van der Waals surface area contributed by atoms with Gasteiger partial charge in [0.05, 0.1) is 5.92 Å². The first kappa shape index (κ1) is 17.1. The summed E-state index contributed by atoms with van der Waals surface area (Å²) >= 11 is 1.22. The summed E-state index contributed by atoms with van der Waals surface area (Å²) in [6, 6.07) is 3.34. The number of aryl methyl sites for hydroxylation is 1. The van der Waals surface area contributed by atoms with Crippen LogP contribution >= 0.6 is 11.3 Å². The number of aliphatic carboxylic acids is 1. The van der Waals surface area contributed by atoms with E-state index in [1.165, 1.54) is 11.3 Å². The van der Waals surface area contributed by atoms with Crippen molar-refractivity contribution >= 4 is 27.3 Å². The summed E-state index contributed by atoms with van der Waals surface area (Å²) < 4.78 is 26.8. The maximum absolute atomic E-state index is 12.1. The molecular formula is C13H21NO4S2. The van der Waals surface area contributed by atoms with E-state index in [2.05, 4.69) is 4.72 Å². The minimum absolute atomic E-state index is 0.0742. The van der Waals surface area contributed by atoms with Crippen LogP contribution in [0, 0.1) is 11.8 Å². The maximum Gasteiger partial charge on any atom is 0.307 e. The lowest BCUT2D eigenvalue weighted by Gasteiger charge is -2.15. The number of nitrogens with one attached hydrogen (secondary N) is 1. The van der Waals surface area contributed by atoms with Crippen LogP contribution in [0.25, 0.3) is 0 Å². The van der Waals surface area contributed by atoms with Gasteiger partial charge in [-0.25, -0.2) is 13.1 Å². The average molecular weight is 319 g/mol. The van der Waals surface area contributed by atoms with Crippen LogP contribution in [0.2, 0.25) is 0 Å². The van der Waals surface area contributed by atoms with Gasteiger partial charge >= 0.3 is 5.97 Å².